The molecule has 26 heavy (non-hydrogen) atoms. The van der Waals surface area contributed by atoms with E-state index in [1.165, 1.54) is 4.68 Å². The van der Waals surface area contributed by atoms with Crippen LogP contribution in [0.15, 0.2) is 35.8 Å². The van der Waals surface area contributed by atoms with Gasteiger partial charge in [-0.1, -0.05) is 0 Å². The second kappa shape index (κ2) is 7.74. The second-order valence-corrected chi connectivity index (χ2v) is 5.34. The predicted octanol–water partition coefficient (Wildman–Crippen LogP) is 2.31. The molecule has 1 N–H and O–H groups in total. The van der Waals surface area contributed by atoms with Crippen molar-refractivity contribution in [3.05, 3.63) is 41.1 Å². The molecule has 0 aliphatic heterocycles. The second-order valence-electron chi connectivity index (χ2n) is 4.96. The van der Waals surface area contributed by atoms with Crippen molar-refractivity contribution in [3.8, 4) is 28.8 Å². The summed E-state index contributed by atoms with van der Waals surface area (Å²) in [5.74, 6) is 2.01. The highest BCUT2D eigenvalue weighted by atomic mass is 32.1. The fraction of sp³-hybridized carbons (Fsp3) is 0.188. The number of H-pyrrole nitrogens is 1. The van der Waals surface area contributed by atoms with Crippen molar-refractivity contribution in [2.75, 3.05) is 21.3 Å². The molecule has 0 radical (unpaired) electrons. The molecule has 0 atom stereocenters. The molecule has 2 heterocycles. The van der Waals surface area contributed by atoms with Gasteiger partial charge in [-0.3, -0.25) is 4.98 Å². The van der Waals surface area contributed by atoms with Gasteiger partial charge in [0.05, 0.1) is 33.7 Å². The molecule has 2 aromatic heterocycles. The Morgan fingerprint density at radius 2 is 1.85 bits per heavy atom. The summed E-state index contributed by atoms with van der Waals surface area (Å²) in [6.07, 6.45) is 6.33. The maximum atomic E-state index is 5.34. The molecule has 0 aliphatic rings. The van der Waals surface area contributed by atoms with Crippen molar-refractivity contribution < 1.29 is 14.2 Å². The quantitative estimate of drug-likeness (QED) is 0.523. The van der Waals surface area contributed by atoms with Crippen LogP contribution in [-0.4, -0.2) is 52.4 Å². The molecule has 0 fully saturated rings. The Hall–Kier alpha value is -3.27. The summed E-state index contributed by atoms with van der Waals surface area (Å²) in [7, 11) is 4.65. The van der Waals surface area contributed by atoms with Crippen molar-refractivity contribution in [1.29, 1.82) is 0 Å². The van der Waals surface area contributed by atoms with Gasteiger partial charge in [0.1, 0.15) is 5.69 Å². The zero-order valence-corrected chi connectivity index (χ0v) is 15.1. The van der Waals surface area contributed by atoms with Gasteiger partial charge in [0.25, 0.3) is 0 Å². The van der Waals surface area contributed by atoms with Crippen molar-refractivity contribution in [3.63, 3.8) is 0 Å². The molecule has 0 saturated carbocycles. The highest BCUT2D eigenvalue weighted by Crippen LogP contribution is 2.37. The van der Waals surface area contributed by atoms with E-state index >= 15 is 0 Å². The predicted molar refractivity (Wildman–Crippen MR) is 97.5 cm³/mol. The Morgan fingerprint density at radius 1 is 1.12 bits per heavy atom. The maximum Gasteiger partial charge on any atom is 0.216 e. The normalized spacial score (nSPS) is 10.9. The first-order valence-corrected chi connectivity index (χ1v) is 7.87. The minimum Gasteiger partial charge on any atom is -0.493 e. The number of nitrogens with one attached hydrogen (secondary N) is 1. The summed E-state index contributed by atoms with van der Waals surface area (Å²) in [4.78, 5) is 8.24. The van der Waals surface area contributed by atoms with E-state index in [4.69, 9.17) is 26.4 Å². The molecule has 0 saturated heterocycles. The lowest BCUT2D eigenvalue weighted by molar-refractivity contribution is 0.324. The molecule has 3 rings (SSSR count). The van der Waals surface area contributed by atoms with Gasteiger partial charge in [-0.05, 0) is 24.4 Å². The van der Waals surface area contributed by atoms with E-state index in [1.54, 1.807) is 58.3 Å². The first kappa shape index (κ1) is 17.5. The lowest BCUT2D eigenvalue weighted by atomic mass is 10.2. The number of aromatic amines is 1. The standard InChI is InChI=1S/C16H16N6O3S/c1-23-12-6-10(7-13(24-2)14(12)25-3)8-19-22-15(20-21-16(22)26)11-9-17-4-5-18-11/h4-9H,1-3H3,(H,21,26)/b19-8+. The van der Waals surface area contributed by atoms with Crippen LogP contribution in [-0.2, 0) is 0 Å². The third-order valence-corrected chi connectivity index (χ3v) is 3.72. The van der Waals surface area contributed by atoms with E-state index in [0.717, 1.165) is 5.56 Å². The summed E-state index contributed by atoms with van der Waals surface area (Å²) < 4.78 is 17.8. The number of rotatable bonds is 6. The lowest BCUT2D eigenvalue weighted by Gasteiger charge is -2.12. The zero-order valence-electron chi connectivity index (χ0n) is 14.3. The van der Waals surface area contributed by atoms with E-state index in [-0.39, 0.29) is 0 Å². The third-order valence-electron chi connectivity index (χ3n) is 3.45. The van der Waals surface area contributed by atoms with Gasteiger partial charge in [-0.15, -0.1) is 0 Å². The first-order chi connectivity index (χ1) is 12.7. The SMILES string of the molecule is COc1cc(/C=N/n2c(-c3cnccn3)n[nH]c2=S)cc(OC)c1OC. The van der Waals surface area contributed by atoms with Gasteiger partial charge in [-0.2, -0.15) is 14.9 Å². The molecule has 134 valence electrons. The van der Waals surface area contributed by atoms with Crippen molar-refractivity contribution in [2.45, 2.75) is 0 Å². The summed E-state index contributed by atoms with van der Waals surface area (Å²) >= 11 is 5.24. The average Bonchev–Trinajstić information content (AvgIpc) is 3.06. The van der Waals surface area contributed by atoms with Gasteiger partial charge in [0.15, 0.2) is 11.5 Å². The molecule has 0 bridgehead atoms. The molecule has 9 nitrogen and oxygen atoms in total. The maximum absolute atomic E-state index is 5.34. The fourth-order valence-electron chi connectivity index (χ4n) is 2.28. The summed E-state index contributed by atoms with van der Waals surface area (Å²) in [6, 6.07) is 3.55. The van der Waals surface area contributed by atoms with Crippen LogP contribution in [0.4, 0.5) is 0 Å². The Labute approximate surface area is 154 Å². The summed E-state index contributed by atoms with van der Waals surface area (Å²) in [6.45, 7) is 0. The van der Waals surface area contributed by atoms with Crippen LogP contribution >= 0.6 is 12.2 Å². The minimum absolute atomic E-state index is 0.328. The smallest absolute Gasteiger partial charge is 0.216 e. The third kappa shape index (κ3) is 3.40. The Kier molecular flexibility index (Phi) is 5.23. The number of methoxy groups -OCH3 is 3. The highest BCUT2D eigenvalue weighted by molar-refractivity contribution is 7.71. The topological polar surface area (TPSA) is 99.4 Å². The summed E-state index contributed by atoms with van der Waals surface area (Å²) in [5.41, 5.74) is 1.27. The number of ether oxygens (including phenoxy) is 3. The molecule has 0 amide bonds. The van der Waals surface area contributed by atoms with Crippen LogP contribution in [0.2, 0.25) is 0 Å². The van der Waals surface area contributed by atoms with Crippen LogP contribution in [0, 0.1) is 4.77 Å². The molecular formula is C16H16N6O3S. The molecule has 0 unspecified atom stereocenters. The molecule has 1 aromatic carbocycles. The van der Waals surface area contributed by atoms with E-state index in [2.05, 4.69) is 25.3 Å². The first-order valence-electron chi connectivity index (χ1n) is 7.46. The molecule has 3 aromatic rings. The van der Waals surface area contributed by atoms with E-state index in [0.29, 0.717) is 33.5 Å². The van der Waals surface area contributed by atoms with Gasteiger partial charge in [0, 0.05) is 18.0 Å². The van der Waals surface area contributed by atoms with Crippen LogP contribution in [0.5, 0.6) is 17.2 Å². The van der Waals surface area contributed by atoms with Crippen LogP contribution in [0.3, 0.4) is 0 Å². The van der Waals surface area contributed by atoms with Crippen molar-refractivity contribution in [1.82, 2.24) is 24.8 Å². The average molecular weight is 372 g/mol. The van der Waals surface area contributed by atoms with E-state index < -0.39 is 0 Å². The van der Waals surface area contributed by atoms with Gasteiger partial charge in [-0.25, -0.2) is 10.1 Å². The fourth-order valence-corrected chi connectivity index (χ4v) is 2.46. The van der Waals surface area contributed by atoms with E-state index in [1.807, 2.05) is 0 Å². The monoisotopic (exact) mass is 372 g/mol. The Bertz CT molecular complexity index is 958. The Balaban J connectivity index is 2.02. The van der Waals surface area contributed by atoms with E-state index in [9.17, 15) is 0 Å². The van der Waals surface area contributed by atoms with Crippen LogP contribution < -0.4 is 14.2 Å². The number of nitrogens with zero attached hydrogens (tertiary/aromatic N) is 5. The molecule has 10 heteroatoms. The van der Waals surface area contributed by atoms with Gasteiger partial charge in [0.2, 0.25) is 16.3 Å². The van der Waals surface area contributed by atoms with Crippen molar-refractivity contribution >= 4 is 18.4 Å². The van der Waals surface area contributed by atoms with Gasteiger partial charge < -0.3 is 14.2 Å². The van der Waals surface area contributed by atoms with Crippen LogP contribution in [0.25, 0.3) is 11.5 Å². The molecule has 0 spiro atoms. The number of aromatic nitrogens is 5. The lowest BCUT2D eigenvalue weighted by Crippen LogP contribution is -1.99. The minimum atomic E-state index is 0.328. The zero-order chi connectivity index (χ0) is 18.5. The summed E-state index contributed by atoms with van der Waals surface area (Å²) in [5, 5.41) is 11.2. The largest absolute Gasteiger partial charge is 0.493 e. The molecular weight excluding hydrogens is 356 g/mol. The van der Waals surface area contributed by atoms with Crippen molar-refractivity contribution in [2.24, 2.45) is 5.10 Å². The highest BCUT2D eigenvalue weighted by Gasteiger charge is 2.13. The number of hydrogen-bond acceptors (Lipinski definition) is 8. The number of benzene rings is 1. The number of hydrogen-bond donors (Lipinski definition) is 1. The molecule has 0 aliphatic carbocycles. The van der Waals surface area contributed by atoms with Crippen LogP contribution in [0.1, 0.15) is 5.56 Å². The Morgan fingerprint density at radius 3 is 2.42 bits per heavy atom. The van der Waals surface area contributed by atoms with Gasteiger partial charge >= 0.3 is 0 Å².